The van der Waals surface area contributed by atoms with Crippen LogP contribution >= 0.6 is 0 Å². The van der Waals surface area contributed by atoms with Crippen molar-refractivity contribution in [3.63, 3.8) is 0 Å². The van der Waals surface area contributed by atoms with Crippen LogP contribution in [0.3, 0.4) is 0 Å². The first kappa shape index (κ1) is 22.3. The topological polar surface area (TPSA) is 81.4 Å². The smallest absolute Gasteiger partial charge is 0.361 e. The van der Waals surface area contributed by atoms with Crippen LogP contribution in [0, 0.1) is 12.8 Å². The summed E-state index contributed by atoms with van der Waals surface area (Å²) in [6.45, 7) is 7.51. The summed E-state index contributed by atoms with van der Waals surface area (Å²) in [6, 6.07) is 17.3. The zero-order chi connectivity index (χ0) is 22.4. The van der Waals surface area contributed by atoms with Crippen LogP contribution in [-0.2, 0) is 16.0 Å². The molecule has 162 valence electrons. The van der Waals surface area contributed by atoms with Gasteiger partial charge in [-0.15, -0.1) is 0 Å². The van der Waals surface area contributed by atoms with E-state index in [0.717, 1.165) is 17.5 Å². The Hall–Kier alpha value is -3.41. The average Bonchev–Trinajstić information content (AvgIpc) is 3.14. The number of amides is 1. The number of ether oxygens (including phenoxy) is 1. The lowest BCUT2D eigenvalue weighted by Gasteiger charge is -2.15. The lowest BCUT2D eigenvalue weighted by atomic mass is 10.00. The first-order valence-electron chi connectivity index (χ1n) is 10.4. The van der Waals surface area contributed by atoms with Crippen molar-refractivity contribution in [1.29, 1.82) is 0 Å². The summed E-state index contributed by atoms with van der Waals surface area (Å²) < 4.78 is 10.7. The summed E-state index contributed by atoms with van der Waals surface area (Å²) in [5.41, 5.74) is 3.09. The molecule has 0 saturated carbocycles. The van der Waals surface area contributed by atoms with E-state index in [1.165, 1.54) is 5.56 Å². The molecule has 1 N–H and O–H groups in total. The zero-order valence-corrected chi connectivity index (χ0v) is 18.3. The Morgan fingerprint density at radius 2 is 1.71 bits per heavy atom. The lowest BCUT2D eigenvalue weighted by Crippen LogP contribution is -2.31. The van der Waals surface area contributed by atoms with Crippen molar-refractivity contribution < 1.29 is 18.7 Å². The summed E-state index contributed by atoms with van der Waals surface area (Å²) in [5, 5.41) is 2.85. The third kappa shape index (κ3) is 6.04. The van der Waals surface area contributed by atoms with Crippen molar-refractivity contribution in [1.82, 2.24) is 10.3 Å². The summed E-state index contributed by atoms with van der Waals surface area (Å²) in [7, 11) is 0. The van der Waals surface area contributed by atoms with Crippen LogP contribution in [-0.4, -0.2) is 23.5 Å². The average molecular weight is 421 g/mol. The molecule has 2 aromatic carbocycles. The fourth-order valence-electron chi connectivity index (χ4n) is 3.27. The third-order valence-electron chi connectivity index (χ3n) is 4.85. The number of benzene rings is 2. The highest BCUT2D eigenvalue weighted by atomic mass is 16.5. The molecular weight excluding hydrogens is 392 g/mol. The monoisotopic (exact) mass is 420 g/mol. The Balaban J connectivity index is 1.53. The van der Waals surface area contributed by atoms with Gasteiger partial charge in [-0.25, -0.2) is 9.78 Å². The third-order valence-corrected chi connectivity index (χ3v) is 4.85. The van der Waals surface area contributed by atoms with E-state index in [2.05, 4.69) is 36.3 Å². The highest BCUT2D eigenvalue weighted by Gasteiger charge is 2.21. The van der Waals surface area contributed by atoms with Crippen molar-refractivity contribution in [2.45, 2.75) is 40.2 Å². The molecule has 0 saturated heterocycles. The number of carbonyl (C=O) groups is 2. The van der Waals surface area contributed by atoms with Crippen molar-refractivity contribution in [3.05, 3.63) is 77.2 Å². The number of hydrogen-bond donors (Lipinski definition) is 1. The van der Waals surface area contributed by atoms with Gasteiger partial charge in [0, 0.05) is 5.56 Å². The van der Waals surface area contributed by atoms with Crippen LogP contribution in [0.25, 0.3) is 11.5 Å². The Morgan fingerprint density at radius 1 is 1.03 bits per heavy atom. The maximum Gasteiger partial charge on any atom is 0.361 e. The normalized spacial score (nSPS) is 11.9. The molecule has 3 aromatic rings. The number of aryl methyl sites for hydroxylation is 1. The molecule has 31 heavy (non-hydrogen) atoms. The van der Waals surface area contributed by atoms with Gasteiger partial charge in [0.25, 0.3) is 5.91 Å². The fourth-order valence-corrected chi connectivity index (χ4v) is 3.27. The number of hydrogen-bond acceptors (Lipinski definition) is 5. The molecule has 1 amide bonds. The van der Waals surface area contributed by atoms with Gasteiger partial charge >= 0.3 is 5.97 Å². The minimum absolute atomic E-state index is 0.0699. The minimum Gasteiger partial charge on any atom is -0.451 e. The van der Waals surface area contributed by atoms with E-state index in [9.17, 15) is 9.59 Å². The standard InChI is InChI=1S/C25H28N2O4/c1-16(2)14-19-10-12-20(13-11-19)17(3)26-22(28)15-30-25(29)23-18(4)31-24(27-23)21-8-6-5-7-9-21/h5-13,16-17H,14-15H2,1-4H3,(H,26,28)/t17-/m1/s1. The molecule has 0 aliphatic rings. The van der Waals surface area contributed by atoms with Gasteiger partial charge in [0.05, 0.1) is 6.04 Å². The van der Waals surface area contributed by atoms with Gasteiger partial charge in [0.1, 0.15) is 5.76 Å². The number of nitrogens with one attached hydrogen (secondary N) is 1. The van der Waals surface area contributed by atoms with Gasteiger partial charge < -0.3 is 14.5 Å². The lowest BCUT2D eigenvalue weighted by molar-refractivity contribution is -0.124. The molecule has 1 heterocycles. The molecule has 0 fully saturated rings. The number of nitrogens with zero attached hydrogens (tertiary/aromatic N) is 1. The van der Waals surface area contributed by atoms with Crippen LogP contribution in [0.4, 0.5) is 0 Å². The molecule has 3 rings (SSSR count). The van der Waals surface area contributed by atoms with Crippen LogP contribution < -0.4 is 5.32 Å². The molecule has 1 aromatic heterocycles. The second-order valence-electron chi connectivity index (χ2n) is 7.99. The van der Waals surface area contributed by atoms with Crippen molar-refractivity contribution >= 4 is 11.9 Å². The SMILES string of the molecule is Cc1oc(-c2ccccc2)nc1C(=O)OCC(=O)N[C@H](C)c1ccc(CC(C)C)cc1. The Labute approximate surface area is 182 Å². The van der Waals surface area contributed by atoms with E-state index < -0.39 is 5.97 Å². The maximum atomic E-state index is 12.4. The summed E-state index contributed by atoms with van der Waals surface area (Å²) in [5.74, 6) is 0.207. The molecule has 0 aliphatic carbocycles. The second-order valence-corrected chi connectivity index (χ2v) is 7.99. The van der Waals surface area contributed by atoms with Gasteiger partial charge in [-0.1, -0.05) is 56.3 Å². The Morgan fingerprint density at radius 3 is 2.35 bits per heavy atom. The van der Waals surface area contributed by atoms with Crippen molar-refractivity contribution in [2.24, 2.45) is 5.92 Å². The van der Waals surface area contributed by atoms with E-state index in [0.29, 0.717) is 17.6 Å². The molecule has 0 radical (unpaired) electrons. The molecule has 0 unspecified atom stereocenters. The Bertz CT molecular complexity index is 1020. The number of aromatic nitrogens is 1. The number of oxazole rings is 1. The van der Waals surface area contributed by atoms with Crippen molar-refractivity contribution in [2.75, 3.05) is 6.61 Å². The van der Waals surface area contributed by atoms with E-state index in [1.54, 1.807) is 6.92 Å². The van der Waals surface area contributed by atoms with Gasteiger partial charge in [-0.3, -0.25) is 4.79 Å². The van der Waals surface area contributed by atoms with Crippen LogP contribution in [0.15, 0.2) is 59.0 Å². The molecule has 0 spiro atoms. The first-order valence-corrected chi connectivity index (χ1v) is 10.4. The minimum atomic E-state index is -0.690. The molecule has 6 nitrogen and oxygen atoms in total. The highest BCUT2D eigenvalue weighted by molar-refractivity contribution is 5.91. The molecular formula is C25H28N2O4. The number of esters is 1. The summed E-state index contributed by atoms with van der Waals surface area (Å²) in [4.78, 5) is 28.8. The van der Waals surface area contributed by atoms with Gasteiger partial charge in [0.2, 0.25) is 5.89 Å². The van der Waals surface area contributed by atoms with Crippen LogP contribution in [0.1, 0.15) is 54.2 Å². The van der Waals surface area contributed by atoms with E-state index >= 15 is 0 Å². The number of carbonyl (C=O) groups excluding carboxylic acids is 2. The van der Waals surface area contributed by atoms with Gasteiger partial charge in [0.15, 0.2) is 12.3 Å². The van der Waals surface area contributed by atoms with E-state index in [1.807, 2.05) is 49.4 Å². The second kappa shape index (κ2) is 10.1. The largest absolute Gasteiger partial charge is 0.451 e. The quantitative estimate of drug-likeness (QED) is 0.525. The molecule has 0 aliphatic heterocycles. The Kier molecular flexibility index (Phi) is 7.23. The van der Waals surface area contributed by atoms with Gasteiger partial charge in [-0.2, -0.15) is 0 Å². The fraction of sp³-hybridized carbons (Fsp3) is 0.320. The summed E-state index contributed by atoms with van der Waals surface area (Å²) in [6.07, 6.45) is 1.02. The highest BCUT2D eigenvalue weighted by Crippen LogP contribution is 2.22. The van der Waals surface area contributed by atoms with Crippen LogP contribution in [0.2, 0.25) is 0 Å². The predicted molar refractivity (Wildman–Crippen MR) is 119 cm³/mol. The molecule has 0 bridgehead atoms. The maximum absolute atomic E-state index is 12.4. The molecule has 6 heteroatoms. The molecule has 1 atom stereocenters. The van der Waals surface area contributed by atoms with E-state index in [4.69, 9.17) is 9.15 Å². The zero-order valence-electron chi connectivity index (χ0n) is 18.3. The first-order chi connectivity index (χ1) is 14.8. The van der Waals surface area contributed by atoms with Crippen LogP contribution in [0.5, 0.6) is 0 Å². The van der Waals surface area contributed by atoms with Crippen molar-refractivity contribution in [3.8, 4) is 11.5 Å². The number of rotatable bonds is 8. The predicted octanol–water partition coefficient (Wildman–Crippen LogP) is 4.88. The van der Waals surface area contributed by atoms with E-state index in [-0.39, 0.29) is 24.2 Å². The van der Waals surface area contributed by atoms with Gasteiger partial charge in [-0.05, 0) is 49.4 Å². The summed E-state index contributed by atoms with van der Waals surface area (Å²) >= 11 is 0.